The molecular weight excluding hydrogens is 690 g/mol. The van der Waals surface area contributed by atoms with Gasteiger partial charge in [-0.25, -0.2) is 19.6 Å². The molecule has 0 spiro atoms. The monoisotopic (exact) mass is 739 g/mol. The molecule has 1 saturated carbocycles. The number of hydrogen-bond acceptors (Lipinski definition) is 15. The normalized spacial score (nSPS) is 14.2. The van der Waals surface area contributed by atoms with E-state index in [2.05, 4.69) is 46.5 Å². The van der Waals surface area contributed by atoms with Crippen LogP contribution in [-0.4, -0.2) is 84.4 Å². The highest BCUT2D eigenvalue weighted by atomic mass is 35.5. The van der Waals surface area contributed by atoms with Crippen LogP contribution in [0.25, 0.3) is 0 Å². The Morgan fingerprint density at radius 1 is 0.824 bits per heavy atom. The lowest BCUT2D eigenvalue weighted by Gasteiger charge is -2.22. The van der Waals surface area contributed by atoms with Gasteiger partial charge < -0.3 is 36.1 Å². The molecule has 1 aliphatic carbocycles. The van der Waals surface area contributed by atoms with Crippen LogP contribution in [0.2, 0.25) is 5.28 Å². The fraction of sp³-hybridized carbons (Fsp3) is 0.677. The predicted molar refractivity (Wildman–Crippen MR) is 192 cm³/mol. The zero-order valence-corrected chi connectivity index (χ0v) is 31.1. The zero-order valence-electron chi connectivity index (χ0n) is 30.4. The number of amides is 2. The number of aromatic nitrogens is 4. The number of halogens is 1. The van der Waals surface area contributed by atoms with Crippen molar-refractivity contribution in [2.75, 3.05) is 29.0 Å². The average Bonchev–Trinajstić information content (AvgIpc) is 3.48. The summed E-state index contributed by atoms with van der Waals surface area (Å²) in [4.78, 5) is 60.1. The molecule has 51 heavy (non-hydrogen) atoms. The quantitative estimate of drug-likeness (QED) is 0.0820. The van der Waals surface area contributed by atoms with Crippen molar-refractivity contribution >= 4 is 52.7 Å². The molecular formula is C31H50ClN11O8. The van der Waals surface area contributed by atoms with Gasteiger partial charge in [0.15, 0.2) is 0 Å². The number of hydrogen-bond donors (Lipinski definition) is 5. The van der Waals surface area contributed by atoms with Gasteiger partial charge in [0.2, 0.25) is 22.9 Å². The van der Waals surface area contributed by atoms with E-state index < -0.39 is 22.0 Å². The average molecular weight is 740 g/mol. The first-order valence-electron chi connectivity index (χ1n) is 16.6. The minimum atomic E-state index is -0.602. The molecule has 2 atom stereocenters. The summed E-state index contributed by atoms with van der Waals surface area (Å²) >= 11 is 5.63. The number of rotatable bonds is 14. The van der Waals surface area contributed by atoms with Gasteiger partial charge in [-0.1, -0.05) is 12.8 Å². The molecule has 1 fully saturated rings. The second-order valence-electron chi connectivity index (χ2n) is 14.1. The molecule has 2 aromatic heterocycles. The summed E-state index contributed by atoms with van der Waals surface area (Å²) in [6, 6.07) is 0.309. The Bertz CT molecular complexity index is 1480. The van der Waals surface area contributed by atoms with Crippen LogP contribution in [0.3, 0.4) is 0 Å². The molecule has 0 saturated heterocycles. The summed E-state index contributed by atoms with van der Waals surface area (Å²) in [7, 11) is 0. The molecule has 284 valence electrons. The largest absolute Gasteiger partial charge is 0.446 e. The fourth-order valence-electron chi connectivity index (χ4n) is 4.52. The summed E-state index contributed by atoms with van der Waals surface area (Å²) in [6.45, 7) is 15.3. The van der Waals surface area contributed by atoms with Crippen molar-refractivity contribution in [2.45, 2.75) is 123 Å². The van der Waals surface area contributed by atoms with Gasteiger partial charge in [-0.2, -0.15) is 9.97 Å². The molecule has 0 radical (unpaired) electrons. The third kappa shape index (κ3) is 17.1. The smallest absolute Gasteiger partial charge is 0.407 e. The number of ether oxygens (including phenoxy) is 2. The van der Waals surface area contributed by atoms with Gasteiger partial charge in [0.05, 0.1) is 9.85 Å². The predicted octanol–water partition coefficient (Wildman–Crippen LogP) is 6.21. The highest BCUT2D eigenvalue weighted by Gasteiger charge is 2.22. The molecule has 0 aliphatic heterocycles. The maximum absolute atomic E-state index is 11.8. The lowest BCUT2D eigenvalue weighted by molar-refractivity contribution is -0.384. The van der Waals surface area contributed by atoms with Gasteiger partial charge in [-0.3, -0.25) is 20.2 Å². The maximum Gasteiger partial charge on any atom is 0.407 e. The van der Waals surface area contributed by atoms with Gasteiger partial charge >= 0.3 is 23.6 Å². The highest BCUT2D eigenvalue weighted by molar-refractivity contribution is 6.28. The molecule has 0 aromatic carbocycles. The SMILES string of the molecule is CC(CCNc1nc(Cl)ncc1[N+](=O)[O-])OC(=O)NC(C)(C)C.CC(CCNc1nc(NC2CCCC2)ncc1[N+](=O)[O-])OC(=O)NC(C)(C)C. The van der Waals surface area contributed by atoms with Gasteiger partial charge in [0, 0.05) is 43.1 Å². The summed E-state index contributed by atoms with van der Waals surface area (Å²) < 4.78 is 10.5. The number of alkyl carbamates (subject to hydrolysis) is 2. The van der Waals surface area contributed by atoms with Crippen LogP contribution in [0.1, 0.15) is 93.9 Å². The first-order valence-corrected chi connectivity index (χ1v) is 17.0. The third-order valence-corrected chi connectivity index (χ3v) is 7.03. The van der Waals surface area contributed by atoms with Gasteiger partial charge in [-0.05, 0) is 79.8 Å². The van der Waals surface area contributed by atoms with Crippen molar-refractivity contribution in [1.82, 2.24) is 30.6 Å². The number of carbonyl (C=O) groups excluding carboxylic acids is 2. The molecule has 3 rings (SSSR count). The van der Waals surface area contributed by atoms with Crippen LogP contribution in [0.4, 0.5) is 38.5 Å². The summed E-state index contributed by atoms with van der Waals surface area (Å²) in [6.07, 6.45) is 5.86. The molecule has 2 amide bonds. The van der Waals surface area contributed by atoms with E-state index in [0.717, 1.165) is 31.9 Å². The first kappa shape index (κ1) is 42.4. The van der Waals surface area contributed by atoms with Crippen LogP contribution >= 0.6 is 11.6 Å². The van der Waals surface area contributed by atoms with E-state index in [9.17, 15) is 29.8 Å². The summed E-state index contributed by atoms with van der Waals surface area (Å²) in [5.74, 6) is 0.571. The molecule has 0 bridgehead atoms. The fourth-order valence-corrected chi connectivity index (χ4v) is 4.65. The number of nitro groups is 2. The summed E-state index contributed by atoms with van der Waals surface area (Å²) in [5, 5.41) is 36.4. The Kier molecular flexibility index (Phi) is 16.2. The van der Waals surface area contributed by atoms with Gasteiger partial charge in [0.25, 0.3) is 0 Å². The first-order chi connectivity index (χ1) is 23.7. The second-order valence-corrected chi connectivity index (χ2v) is 14.4. The minimum absolute atomic E-state index is 0.0290. The molecule has 1 aliphatic rings. The van der Waals surface area contributed by atoms with E-state index in [1.807, 2.05) is 41.5 Å². The number of carbonyl (C=O) groups is 2. The van der Waals surface area contributed by atoms with Crippen LogP contribution in [0.15, 0.2) is 12.4 Å². The highest BCUT2D eigenvalue weighted by Crippen LogP contribution is 2.25. The van der Waals surface area contributed by atoms with Crippen molar-refractivity contribution in [2.24, 2.45) is 0 Å². The van der Waals surface area contributed by atoms with Crippen LogP contribution < -0.4 is 26.6 Å². The zero-order chi connectivity index (χ0) is 38.4. The Balaban J connectivity index is 0.000000361. The number of nitrogens with one attached hydrogen (secondary N) is 5. The minimum Gasteiger partial charge on any atom is -0.446 e. The van der Waals surface area contributed by atoms with Crippen molar-refractivity contribution < 1.29 is 28.9 Å². The van der Waals surface area contributed by atoms with Crippen molar-refractivity contribution in [1.29, 1.82) is 0 Å². The van der Waals surface area contributed by atoms with Gasteiger partial charge in [-0.15, -0.1) is 0 Å². The van der Waals surface area contributed by atoms with E-state index >= 15 is 0 Å². The lowest BCUT2D eigenvalue weighted by Crippen LogP contribution is -2.42. The van der Waals surface area contributed by atoms with Crippen LogP contribution in [-0.2, 0) is 9.47 Å². The van der Waals surface area contributed by atoms with Crippen molar-refractivity contribution in [3.63, 3.8) is 0 Å². The van der Waals surface area contributed by atoms with Gasteiger partial charge in [0.1, 0.15) is 24.6 Å². The Labute approximate surface area is 302 Å². The van der Waals surface area contributed by atoms with E-state index in [1.54, 1.807) is 13.8 Å². The number of nitrogens with zero attached hydrogens (tertiary/aromatic N) is 6. The molecule has 19 nitrogen and oxygen atoms in total. The topological polar surface area (TPSA) is 251 Å². The Morgan fingerprint density at radius 2 is 1.25 bits per heavy atom. The van der Waals surface area contributed by atoms with Crippen molar-refractivity contribution in [3.05, 3.63) is 37.9 Å². The van der Waals surface area contributed by atoms with Crippen LogP contribution in [0.5, 0.6) is 0 Å². The van der Waals surface area contributed by atoms with E-state index in [-0.39, 0.29) is 51.6 Å². The second kappa shape index (κ2) is 19.5. The maximum atomic E-state index is 11.8. The number of anilines is 3. The Morgan fingerprint density at radius 3 is 1.69 bits per heavy atom. The van der Waals surface area contributed by atoms with E-state index in [4.69, 9.17) is 21.1 Å². The Hall–Kier alpha value is -4.81. The van der Waals surface area contributed by atoms with E-state index in [0.29, 0.717) is 37.9 Å². The molecule has 20 heteroatoms. The molecule has 5 N–H and O–H groups in total. The molecule has 2 unspecified atom stereocenters. The van der Waals surface area contributed by atoms with E-state index in [1.165, 1.54) is 6.20 Å². The third-order valence-electron chi connectivity index (χ3n) is 6.85. The molecule has 2 aromatic rings. The standard InChI is InChI=1S/C18H30N6O4.C13H20ClN5O4/c1-12(28-17(25)23-18(2,3)4)9-10-19-15-14(24(26)27)11-20-16(22-15)21-13-7-5-6-8-13;1-8(23-12(20)18-13(2,3)4)5-6-15-10-9(19(21)22)7-16-11(14)17-10/h11-13H,5-10H2,1-4H3,(H,23,25)(H2,19,20,21,22);7-8H,5-6H2,1-4H3,(H,18,20)(H,15,16,17). The summed E-state index contributed by atoms with van der Waals surface area (Å²) in [5.41, 5.74) is -1.21. The van der Waals surface area contributed by atoms with Crippen molar-refractivity contribution in [3.8, 4) is 0 Å². The lowest BCUT2D eigenvalue weighted by atomic mass is 10.1. The van der Waals surface area contributed by atoms with Crippen LogP contribution in [0, 0.1) is 20.2 Å². The molecule has 2 heterocycles.